The van der Waals surface area contributed by atoms with Gasteiger partial charge in [0.2, 0.25) is 0 Å². The van der Waals surface area contributed by atoms with Crippen molar-refractivity contribution in [2.24, 2.45) is 4.99 Å². The molecule has 1 aliphatic rings. The van der Waals surface area contributed by atoms with Crippen LogP contribution in [0.2, 0.25) is 0 Å². The van der Waals surface area contributed by atoms with E-state index in [1.807, 2.05) is 24.3 Å². The maximum Gasteiger partial charge on any atom is 0.129 e. The highest BCUT2D eigenvalue weighted by Gasteiger charge is 2.12. The first-order chi connectivity index (χ1) is 8.81. The van der Waals surface area contributed by atoms with Crippen molar-refractivity contribution in [1.82, 2.24) is 5.32 Å². The summed E-state index contributed by atoms with van der Waals surface area (Å²) in [5.74, 6) is 1.42. The third kappa shape index (κ3) is 3.48. The van der Waals surface area contributed by atoms with E-state index in [-0.39, 0.29) is 6.61 Å². The third-order valence-corrected chi connectivity index (χ3v) is 3.90. The molecule has 1 aromatic rings. The van der Waals surface area contributed by atoms with Crippen LogP contribution in [0.15, 0.2) is 34.2 Å². The van der Waals surface area contributed by atoms with Crippen LogP contribution in [-0.2, 0) is 0 Å². The van der Waals surface area contributed by atoms with Gasteiger partial charge in [-0.25, -0.2) is 0 Å². The Kier molecular flexibility index (Phi) is 5.04. The molecule has 0 aromatic heterocycles. The van der Waals surface area contributed by atoms with Gasteiger partial charge < -0.3 is 15.5 Å². The van der Waals surface area contributed by atoms with Crippen LogP contribution in [0, 0.1) is 0 Å². The number of benzene rings is 1. The summed E-state index contributed by atoms with van der Waals surface area (Å²) in [6.07, 6.45) is 0.395. The van der Waals surface area contributed by atoms with Crippen molar-refractivity contribution in [2.75, 3.05) is 25.4 Å². The number of amidine groups is 1. The van der Waals surface area contributed by atoms with Crippen LogP contribution in [0.1, 0.15) is 12.0 Å². The standard InChI is InChI=1S/C13H18N2O2S/c16-8-10(17)9-18-12-5-2-1-4-11(12)13-14-6-3-7-15-13/h1-2,4-5,10,16-17H,3,6-9H2,(H,14,15). The number of nitrogens with zero attached hydrogens (tertiary/aromatic N) is 1. The highest BCUT2D eigenvalue weighted by atomic mass is 32.2. The van der Waals surface area contributed by atoms with E-state index in [2.05, 4.69) is 10.3 Å². The van der Waals surface area contributed by atoms with E-state index in [1.54, 1.807) is 11.8 Å². The van der Waals surface area contributed by atoms with Gasteiger partial charge in [-0.2, -0.15) is 0 Å². The first-order valence-corrected chi connectivity index (χ1v) is 7.09. The summed E-state index contributed by atoms with van der Waals surface area (Å²) in [5, 5.41) is 21.5. The van der Waals surface area contributed by atoms with Gasteiger partial charge >= 0.3 is 0 Å². The molecule has 3 N–H and O–H groups in total. The zero-order chi connectivity index (χ0) is 12.8. The van der Waals surface area contributed by atoms with Crippen molar-refractivity contribution in [1.29, 1.82) is 0 Å². The van der Waals surface area contributed by atoms with E-state index < -0.39 is 6.10 Å². The van der Waals surface area contributed by atoms with E-state index in [9.17, 15) is 5.11 Å². The minimum atomic E-state index is -0.677. The molecule has 0 amide bonds. The maximum absolute atomic E-state index is 9.40. The van der Waals surface area contributed by atoms with Crippen LogP contribution in [-0.4, -0.2) is 47.6 Å². The summed E-state index contributed by atoms with van der Waals surface area (Å²) in [5.41, 5.74) is 1.08. The van der Waals surface area contributed by atoms with Crippen molar-refractivity contribution >= 4 is 17.6 Å². The Balaban J connectivity index is 2.12. The zero-order valence-corrected chi connectivity index (χ0v) is 11.0. The second-order valence-corrected chi connectivity index (χ2v) is 5.22. The number of nitrogens with one attached hydrogen (secondary N) is 1. The number of aliphatic hydroxyl groups is 2. The molecule has 18 heavy (non-hydrogen) atoms. The van der Waals surface area contributed by atoms with Gasteiger partial charge in [0.05, 0.1) is 12.7 Å². The van der Waals surface area contributed by atoms with E-state index in [0.29, 0.717) is 5.75 Å². The van der Waals surface area contributed by atoms with Crippen LogP contribution in [0.3, 0.4) is 0 Å². The predicted octanol–water partition coefficient (Wildman–Crippen LogP) is 0.872. The Hall–Kier alpha value is -1.04. The number of hydrogen-bond donors (Lipinski definition) is 3. The monoisotopic (exact) mass is 266 g/mol. The Bertz CT molecular complexity index is 423. The van der Waals surface area contributed by atoms with Crippen LogP contribution >= 0.6 is 11.8 Å². The number of aliphatic imine (C=N–C) groups is 1. The summed E-state index contributed by atoms with van der Waals surface area (Å²) >= 11 is 1.54. The smallest absolute Gasteiger partial charge is 0.129 e. The Morgan fingerprint density at radius 3 is 2.94 bits per heavy atom. The molecular weight excluding hydrogens is 248 g/mol. The molecule has 1 aromatic carbocycles. The lowest BCUT2D eigenvalue weighted by Crippen LogP contribution is -2.30. The van der Waals surface area contributed by atoms with Crippen molar-refractivity contribution in [3.8, 4) is 0 Å². The fourth-order valence-corrected chi connectivity index (χ4v) is 2.71. The summed E-state index contributed by atoms with van der Waals surface area (Å²) in [4.78, 5) is 5.57. The van der Waals surface area contributed by atoms with E-state index >= 15 is 0 Å². The van der Waals surface area contributed by atoms with Crippen molar-refractivity contribution < 1.29 is 10.2 Å². The molecule has 0 aliphatic carbocycles. The van der Waals surface area contributed by atoms with Gasteiger partial charge in [-0.3, -0.25) is 4.99 Å². The van der Waals surface area contributed by atoms with Gasteiger partial charge in [0.1, 0.15) is 5.84 Å². The predicted molar refractivity (Wildman–Crippen MR) is 74.3 cm³/mol. The van der Waals surface area contributed by atoms with Gasteiger partial charge in [-0.15, -0.1) is 11.8 Å². The minimum Gasteiger partial charge on any atom is -0.394 e. The van der Waals surface area contributed by atoms with Gasteiger partial charge in [-0.05, 0) is 12.5 Å². The first-order valence-electron chi connectivity index (χ1n) is 6.10. The quantitative estimate of drug-likeness (QED) is 0.692. The van der Waals surface area contributed by atoms with E-state index in [0.717, 1.165) is 35.8 Å². The maximum atomic E-state index is 9.40. The minimum absolute atomic E-state index is 0.200. The Morgan fingerprint density at radius 1 is 1.39 bits per heavy atom. The molecule has 0 fully saturated rings. The highest BCUT2D eigenvalue weighted by molar-refractivity contribution is 7.99. The third-order valence-electron chi connectivity index (χ3n) is 2.68. The van der Waals surface area contributed by atoms with Gasteiger partial charge in [0.15, 0.2) is 0 Å². The van der Waals surface area contributed by atoms with Crippen molar-refractivity contribution in [3.63, 3.8) is 0 Å². The molecule has 98 valence electrons. The summed E-state index contributed by atoms with van der Waals surface area (Å²) in [6.45, 7) is 1.62. The zero-order valence-electron chi connectivity index (χ0n) is 10.2. The van der Waals surface area contributed by atoms with E-state index in [1.165, 1.54) is 0 Å². The fourth-order valence-electron chi connectivity index (χ4n) is 1.74. The summed E-state index contributed by atoms with van der Waals surface area (Å²) in [6, 6.07) is 8.01. The normalized spacial score (nSPS) is 16.9. The topological polar surface area (TPSA) is 64.8 Å². The largest absolute Gasteiger partial charge is 0.394 e. The molecule has 1 unspecified atom stereocenters. The van der Waals surface area contributed by atoms with E-state index in [4.69, 9.17) is 5.11 Å². The number of aliphatic hydroxyl groups excluding tert-OH is 2. The number of hydrogen-bond acceptors (Lipinski definition) is 5. The molecular formula is C13H18N2O2S. The first kappa shape index (κ1) is 13.4. The molecule has 5 heteroatoms. The second kappa shape index (κ2) is 6.78. The van der Waals surface area contributed by atoms with Crippen LogP contribution < -0.4 is 5.32 Å². The summed E-state index contributed by atoms with van der Waals surface area (Å²) in [7, 11) is 0. The molecule has 0 saturated heterocycles. The lowest BCUT2D eigenvalue weighted by Gasteiger charge is -2.17. The Labute approximate surface area is 111 Å². The lowest BCUT2D eigenvalue weighted by atomic mass is 10.2. The van der Waals surface area contributed by atoms with Gasteiger partial charge in [0, 0.05) is 29.3 Å². The van der Waals surface area contributed by atoms with Crippen LogP contribution in [0.25, 0.3) is 0 Å². The number of thioether (sulfide) groups is 1. The van der Waals surface area contributed by atoms with Crippen LogP contribution in [0.5, 0.6) is 0 Å². The second-order valence-electron chi connectivity index (χ2n) is 4.15. The molecule has 0 radical (unpaired) electrons. The lowest BCUT2D eigenvalue weighted by molar-refractivity contribution is 0.113. The fraction of sp³-hybridized carbons (Fsp3) is 0.462. The van der Waals surface area contributed by atoms with Gasteiger partial charge in [0.25, 0.3) is 0 Å². The average Bonchev–Trinajstić information content (AvgIpc) is 2.46. The molecule has 1 heterocycles. The molecule has 1 aliphatic heterocycles. The molecule has 0 saturated carbocycles. The molecule has 0 spiro atoms. The summed E-state index contributed by atoms with van der Waals surface area (Å²) < 4.78 is 0. The Morgan fingerprint density at radius 2 is 2.22 bits per heavy atom. The van der Waals surface area contributed by atoms with Crippen LogP contribution in [0.4, 0.5) is 0 Å². The number of rotatable bonds is 5. The molecule has 0 bridgehead atoms. The molecule has 2 rings (SSSR count). The van der Waals surface area contributed by atoms with Crippen molar-refractivity contribution in [2.45, 2.75) is 17.4 Å². The molecule has 4 nitrogen and oxygen atoms in total. The highest BCUT2D eigenvalue weighted by Crippen LogP contribution is 2.24. The molecule has 1 atom stereocenters. The van der Waals surface area contributed by atoms with Gasteiger partial charge in [-0.1, -0.05) is 18.2 Å². The SMILES string of the molecule is OCC(O)CSc1ccccc1C1=NCCCN1. The van der Waals surface area contributed by atoms with Crippen molar-refractivity contribution in [3.05, 3.63) is 29.8 Å². The average molecular weight is 266 g/mol.